The van der Waals surface area contributed by atoms with E-state index >= 15 is 0 Å². The standard InChI is InChI=1S/C8H9NOS/c1-5-4-6(8(9)10)2-3-7(5)11/h2-4,11H,1H3,(H2,9,10). The van der Waals surface area contributed by atoms with Crippen LogP contribution in [0.4, 0.5) is 0 Å². The van der Waals surface area contributed by atoms with E-state index in [1.54, 1.807) is 18.2 Å². The molecule has 0 aliphatic carbocycles. The lowest BCUT2D eigenvalue weighted by Crippen LogP contribution is -2.10. The van der Waals surface area contributed by atoms with Crippen molar-refractivity contribution in [3.63, 3.8) is 0 Å². The minimum Gasteiger partial charge on any atom is -0.366 e. The zero-order chi connectivity index (χ0) is 8.43. The zero-order valence-electron chi connectivity index (χ0n) is 6.16. The summed E-state index contributed by atoms with van der Waals surface area (Å²) in [5, 5.41) is 0. The first kappa shape index (κ1) is 8.14. The molecule has 0 bridgehead atoms. The van der Waals surface area contributed by atoms with Gasteiger partial charge in [0.25, 0.3) is 0 Å². The molecule has 2 nitrogen and oxygen atoms in total. The predicted octanol–water partition coefficient (Wildman–Crippen LogP) is 1.38. The number of amides is 1. The highest BCUT2D eigenvalue weighted by atomic mass is 32.1. The Bertz CT molecular complexity index is 296. The summed E-state index contributed by atoms with van der Waals surface area (Å²) in [6.07, 6.45) is 0. The molecule has 0 saturated carbocycles. The fourth-order valence-electron chi connectivity index (χ4n) is 0.809. The molecule has 2 N–H and O–H groups in total. The Morgan fingerprint density at radius 1 is 1.55 bits per heavy atom. The molecule has 0 atom stereocenters. The molecule has 0 aliphatic rings. The van der Waals surface area contributed by atoms with Gasteiger partial charge >= 0.3 is 0 Å². The number of carbonyl (C=O) groups is 1. The van der Waals surface area contributed by atoms with Gasteiger partial charge in [0.15, 0.2) is 0 Å². The van der Waals surface area contributed by atoms with Crippen LogP contribution in [0, 0.1) is 6.92 Å². The van der Waals surface area contributed by atoms with Crippen molar-refractivity contribution in [1.82, 2.24) is 0 Å². The summed E-state index contributed by atoms with van der Waals surface area (Å²) in [5.41, 5.74) is 6.56. The normalized spacial score (nSPS) is 9.64. The van der Waals surface area contributed by atoms with E-state index in [0.717, 1.165) is 10.5 Å². The highest BCUT2D eigenvalue weighted by Crippen LogP contribution is 2.13. The number of aryl methyl sites for hydroxylation is 1. The Morgan fingerprint density at radius 2 is 2.18 bits per heavy atom. The van der Waals surface area contributed by atoms with Crippen molar-refractivity contribution < 1.29 is 4.79 Å². The van der Waals surface area contributed by atoms with Crippen LogP contribution in [0.3, 0.4) is 0 Å². The quantitative estimate of drug-likeness (QED) is 0.610. The topological polar surface area (TPSA) is 43.1 Å². The summed E-state index contributed by atoms with van der Waals surface area (Å²) in [4.78, 5) is 11.5. The number of carbonyl (C=O) groups excluding carboxylic acids is 1. The van der Waals surface area contributed by atoms with Crippen LogP contribution < -0.4 is 5.73 Å². The third-order valence-corrected chi connectivity index (χ3v) is 1.98. The van der Waals surface area contributed by atoms with Crippen LogP contribution in [-0.2, 0) is 0 Å². The Kier molecular flexibility index (Phi) is 2.19. The maximum atomic E-state index is 10.7. The van der Waals surface area contributed by atoms with Crippen LogP contribution >= 0.6 is 12.6 Å². The molecule has 0 aliphatic heterocycles. The van der Waals surface area contributed by atoms with Gasteiger partial charge in [0.1, 0.15) is 0 Å². The number of rotatable bonds is 1. The first-order chi connectivity index (χ1) is 5.11. The van der Waals surface area contributed by atoms with Crippen LogP contribution in [0.25, 0.3) is 0 Å². The third kappa shape index (κ3) is 1.74. The third-order valence-electron chi connectivity index (χ3n) is 1.48. The number of nitrogens with two attached hydrogens (primary N) is 1. The molecule has 58 valence electrons. The molecular formula is C8H9NOS. The van der Waals surface area contributed by atoms with Gasteiger partial charge in [-0.3, -0.25) is 4.79 Å². The molecule has 0 fully saturated rings. The van der Waals surface area contributed by atoms with Gasteiger partial charge in [0.05, 0.1) is 0 Å². The largest absolute Gasteiger partial charge is 0.366 e. The van der Waals surface area contributed by atoms with Gasteiger partial charge in [-0.05, 0) is 30.7 Å². The van der Waals surface area contributed by atoms with Crippen LogP contribution in [0.2, 0.25) is 0 Å². The average Bonchev–Trinajstić information content (AvgIpc) is 1.94. The number of benzene rings is 1. The van der Waals surface area contributed by atoms with Crippen molar-refractivity contribution in [1.29, 1.82) is 0 Å². The van der Waals surface area contributed by atoms with Crippen LogP contribution in [-0.4, -0.2) is 5.91 Å². The highest BCUT2D eigenvalue weighted by molar-refractivity contribution is 7.80. The van der Waals surface area contributed by atoms with E-state index in [1.807, 2.05) is 6.92 Å². The molecule has 0 spiro atoms. The second-order valence-corrected chi connectivity index (χ2v) is 2.85. The van der Waals surface area contributed by atoms with E-state index in [-0.39, 0.29) is 0 Å². The fraction of sp³-hybridized carbons (Fsp3) is 0.125. The summed E-state index contributed by atoms with van der Waals surface area (Å²) in [6, 6.07) is 5.15. The second-order valence-electron chi connectivity index (χ2n) is 2.37. The lowest BCUT2D eigenvalue weighted by molar-refractivity contribution is 0.1000. The molecule has 3 heteroatoms. The lowest BCUT2D eigenvalue weighted by Gasteiger charge is -1.99. The molecule has 0 saturated heterocycles. The van der Waals surface area contributed by atoms with Crippen molar-refractivity contribution in [3.05, 3.63) is 29.3 Å². The number of thiol groups is 1. The molecule has 0 radical (unpaired) electrons. The molecule has 1 aromatic carbocycles. The van der Waals surface area contributed by atoms with Crippen molar-refractivity contribution >= 4 is 18.5 Å². The second kappa shape index (κ2) is 2.96. The molecule has 1 amide bonds. The Labute approximate surface area is 70.8 Å². The van der Waals surface area contributed by atoms with E-state index in [1.165, 1.54) is 0 Å². The molecule has 11 heavy (non-hydrogen) atoms. The summed E-state index contributed by atoms with van der Waals surface area (Å²) < 4.78 is 0. The van der Waals surface area contributed by atoms with E-state index in [0.29, 0.717) is 5.56 Å². The Balaban J connectivity index is 3.15. The molecule has 0 heterocycles. The van der Waals surface area contributed by atoms with Gasteiger partial charge in [-0.15, -0.1) is 12.6 Å². The van der Waals surface area contributed by atoms with Crippen molar-refractivity contribution in [2.24, 2.45) is 5.73 Å². The SMILES string of the molecule is Cc1cc(C(N)=O)ccc1S. The first-order valence-corrected chi connectivity index (χ1v) is 3.65. The van der Waals surface area contributed by atoms with E-state index in [2.05, 4.69) is 12.6 Å². The number of primary amides is 1. The molecular weight excluding hydrogens is 158 g/mol. The van der Waals surface area contributed by atoms with E-state index < -0.39 is 5.91 Å². The summed E-state index contributed by atoms with van der Waals surface area (Å²) in [5.74, 6) is -0.401. The monoisotopic (exact) mass is 167 g/mol. The summed E-state index contributed by atoms with van der Waals surface area (Å²) in [6.45, 7) is 1.88. The minimum absolute atomic E-state index is 0.401. The highest BCUT2D eigenvalue weighted by Gasteiger charge is 2.00. The Hall–Kier alpha value is -0.960. The maximum Gasteiger partial charge on any atom is 0.248 e. The molecule has 0 aromatic heterocycles. The zero-order valence-corrected chi connectivity index (χ0v) is 7.06. The molecule has 0 unspecified atom stereocenters. The van der Waals surface area contributed by atoms with Crippen molar-refractivity contribution in [2.45, 2.75) is 11.8 Å². The van der Waals surface area contributed by atoms with Crippen LogP contribution in [0.5, 0.6) is 0 Å². The van der Waals surface area contributed by atoms with E-state index in [4.69, 9.17) is 5.73 Å². The summed E-state index contributed by atoms with van der Waals surface area (Å²) >= 11 is 4.16. The lowest BCUT2D eigenvalue weighted by atomic mass is 10.1. The van der Waals surface area contributed by atoms with Crippen molar-refractivity contribution in [2.75, 3.05) is 0 Å². The van der Waals surface area contributed by atoms with Gasteiger partial charge in [-0.2, -0.15) is 0 Å². The minimum atomic E-state index is -0.401. The van der Waals surface area contributed by atoms with Gasteiger partial charge in [-0.1, -0.05) is 0 Å². The van der Waals surface area contributed by atoms with Crippen LogP contribution in [0.1, 0.15) is 15.9 Å². The van der Waals surface area contributed by atoms with Gasteiger partial charge < -0.3 is 5.73 Å². The van der Waals surface area contributed by atoms with Gasteiger partial charge in [0.2, 0.25) is 5.91 Å². The predicted molar refractivity (Wildman–Crippen MR) is 46.9 cm³/mol. The van der Waals surface area contributed by atoms with Crippen molar-refractivity contribution in [3.8, 4) is 0 Å². The number of hydrogen-bond acceptors (Lipinski definition) is 2. The van der Waals surface area contributed by atoms with Gasteiger partial charge in [0, 0.05) is 10.5 Å². The molecule has 1 rings (SSSR count). The average molecular weight is 167 g/mol. The van der Waals surface area contributed by atoms with E-state index in [9.17, 15) is 4.79 Å². The maximum absolute atomic E-state index is 10.7. The van der Waals surface area contributed by atoms with Gasteiger partial charge in [-0.25, -0.2) is 0 Å². The fourth-order valence-corrected chi connectivity index (χ4v) is 0.948. The smallest absolute Gasteiger partial charge is 0.248 e. The Morgan fingerprint density at radius 3 is 2.64 bits per heavy atom. The summed E-state index contributed by atoms with van der Waals surface area (Å²) in [7, 11) is 0. The first-order valence-electron chi connectivity index (χ1n) is 3.20. The van der Waals surface area contributed by atoms with Crippen LogP contribution in [0.15, 0.2) is 23.1 Å². The molecule has 1 aromatic rings. The number of hydrogen-bond donors (Lipinski definition) is 2.